The van der Waals surface area contributed by atoms with Gasteiger partial charge in [-0.2, -0.15) is 0 Å². The quantitative estimate of drug-likeness (QED) is 0.660. The van der Waals surface area contributed by atoms with Crippen molar-refractivity contribution >= 4 is 28.3 Å². The maximum Gasteiger partial charge on any atom is 0.345 e. The molecule has 4 rings (SSSR count). The lowest BCUT2D eigenvalue weighted by Crippen LogP contribution is -2.13. The van der Waals surface area contributed by atoms with E-state index in [0.717, 1.165) is 10.9 Å². The van der Waals surface area contributed by atoms with E-state index in [9.17, 15) is 4.79 Å². The molecule has 0 saturated carbocycles. The Labute approximate surface area is 136 Å². The van der Waals surface area contributed by atoms with Crippen LogP contribution < -0.4 is 5.63 Å². The predicted octanol–water partition coefficient (Wildman–Crippen LogP) is 4.31. The molecule has 3 aromatic rings. The van der Waals surface area contributed by atoms with Crippen molar-refractivity contribution in [1.29, 1.82) is 0 Å². The zero-order chi connectivity index (χ0) is 15.8. The van der Waals surface area contributed by atoms with Gasteiger partial charge in [0.25, 0.3) is 0 Å². The topological polar surface area (TPSA) is 51.8 Å². The third kappa shape index (κ3) is 2.51. The standard InChI is InChI=1S/C18H12ClNO3/c19-14-7-3-2-6-12(14)17-10-15(20-23-17)13-9-11-5-1-4-8-16(11)22-18(13)21/h1-9,17H,10H2/t17-/m1/s1. The van der Waals surface area contributed by atoms with E-state index in [1.54, 1.807) is 12.1 Å². The van der Waals surface area contributed by atoms with Crippen molar-refractivity contribution < 1.29 is 9.25 Å². The zero-order valence-corrected chi connectivity index (χ0v) is 12.8. The lowest BCUT2D eigenvalue weighted by Gasteiger charge is -2.09. The molecule has 0 unspecified atom stereocenters. The van der Waals surface area contributed by atoms with Gasteiger partial charge in [-0.05, 0) is 18.2 Å². The van der Waals surface area contributed by atoms with Crippen molar-refractivity contribution in [3.8, 4) is 0 Å². The monoisotopic (exact) mass is 325 g/mol. The Kier molecular flexibility index (Phi) is 3.39. The van der Waals surface area contributed by atoms with Gasteiger partial charge in [0, 0.05) is 22.4 Å². The maximum atomic E-state index is 12.2. The molecule has 0 bridgehead atoms. The van der Waals surface area contributed by atoms with Crippen molar-refractivity contribution in [3.05, 3.63) is 81.2 Å². The SMILES string of the molecule is O=c1oc2ccccc2cc1C1=NO[C@@H](c2ccccc2Cl)C1. The van der Waals surface area contributed by atoms with Crippen LogP contribution in [0, 0.1) is 0 Å². The third-order valence-corrected chi connectivity index (χ3v) is 4.22. The molecule has 1 aliphatic rings. The fourth-order valence-electron chi connectivity index (χ4n) is 2.70. The number of benzene rings is 2. The molecule has 114 valence electrons. The number of fused-ring (bicyclic) bond motifs is 1. The minimum Gasteiger partial charge on any atom is -0.422 e. The Hall–Kier alpha value is -2.59. The summed E-state index contributed by atoms with van der Waals surface area (Å²) < 4.78 is 5.35. The molecular weight excluding hydrogens is 314 g/mol. The Morgan fingerprint density at radius 3 is 2.74 bits per heavy atom. The van der Waals surface area contributed by atoms with E-state index in [0.29, 0.717) is 28.3 Å². The molecule has 0 spiro atoms. The summed E-state index contributed by atoms with van der Waals surface area (Å²) in [5.74, 6) is 0. The smallest absolute Gasteiger partial charge is 0.345 e. The fourth-order valence-corrected chi connectivity index (χ4v) is 2.96. The number of oxime groups is 1. The predicted molar refractivity (Wildman–Crippen MR) is 88.9 cm³/mol. The van der Waals surface area contributed by atoms with E-state index < -0.39 is 5.63 Å². The first-order valence-corrected chi connectivity index (χ1v) is 7.60. The average Bonchev–Trinajstić information content (AvgIpc) is 3.04. The first kappa shape index (κ1) is 14.0. The van der Waals surface area contributed by atoms with Crippen LogP contribution in [-0.4, -0.2) is 5.71 Å². The van der Waals surface area contributed by atoms with Crippen molar-refractivity contribution in [1.82, 2.24) is 0 Å². The van der Waals surface area contributed by atoms with E-state index in [4.69, 9.17) is 20.9 Å². The van der Waals surface area contributed by atoms with Crippen LogP contribution in [-0.2, 0) is 4.84 Å². The Morgan fingerprint density at radius 1 is 1.09 bits per heavy atom. The second kappa shape index (κ2) is 5.56. The Morgan fingerprint density at radius 2 is 1.87 bits per heavy atom. The molecule has 1 atom stereocenters. The van der Waals surface area contributed by atoms with Crippen LogP contribution in [0.25, 0.3) is 11.0 Å². The van der Waals surface area contributed by atoms with Gasteiger partial charge in [0.15, 0.2) is 6.10 Å². The molecule has 23 heavy (non-hydrogen) atoms. The summed E-state index contributed by atoms with van der Waals surface area (Å²) >= 11 is 6.20. The molecule has 2 heterocycles. The number of para-hydroxylation sites is 1. The lowest BCUT2D eigenvalue weighted by atomic mass is 10.0. The minimum absolute atomic E-state index is 0.287. The van der Waals surface area contributed by atoms with Crippen LogP contribution in [0.1, 0.15) is 23.7 Å². The first-order chi connectivity index (χ1) is 11.2. The molecule has 0 saturated heterocycles. The van der Waals surface area contributed by atoms with Crippen LogP contribution >= 0.6 is 11.6 Å². The van der Waals surface area contributed by atoms with E-state index in [-0.39, 0.29) is 6.10 Å². The number of hydrogen-bond acceptors (Lipinski definition) is 4. The van der Waals surface area contributed by atoms with Gasteiger partial charge in [-0.15, -0.1) is 0 Å². The summed E-state index contributed by atoms with van der Waals surface area (Å²) in [6.45, 7) is 0. The number of halogens is 1. The van der Waals surface area contributed by atoms with Gasteiger partial charge in [0.2, 0.25) is 0 Å². The average molecular weight is 326 g/mol. The van der Waals surface area contributed by atoms with Crippen molar-refractivity contribution in [2.45, 2.75) is 12.5 Å². The molecule has 2 aromatic carbocycles. The normalized spacial score (nSPS) is 17.1. The van der Waals surface area contributed by atoms with Gasteiger partial charge in [0.05, 0.1) is 11.3 Å². The van der Waals surface area contributed by atoms with E-state index in [1.165, 1.54) is 0 Å². The molecule has 0 aliphatic carbocycles. The first-order valence-electron chi connectivity index (χ1n) is 7.23. The summed E-state index contributed by atoms with van der Waals surface area (Å²) in [7, 11) is 0. The van der Waals surface area contributed by atoms with Gasteiger partial charge >= 0.3 is 5.63 Å². The largest absolute Gasteiger partial charge is 0.422 e. The molecule has 0 N–H and O–H groups in total. The van der Waals surface area contributed by atoms with Gasteiger partial charge in [-0.25, -0.2) is 4.79 Å². The highest BCUT2D eigenvalue weighted by molar-refractivity contribution is 6.31. The van der Waals surface area contributed by atoms with E-state index in [1.807, 2.05) is 42.5 Å². The zero-order valence-electron chi connectivity index (χ0n) is 12.0. The number of rotatable bonds is 2. The summed E-state index contributed by atoms with van der Waals surface area (Å²) in [5, 5.41) is 5.55. The summed E-state index contributed by atoms with van der Waals surface area (Å²) in [6, 6.07) is 16.6. The van der Waals surface area contributed by atoms with E-state index >= 15 is 0 Å². The van der Waals surface area contributed by atoms with Crippen LogP contribution in [0.15, 0.2) is 69.0 Å². The molecule has 0 fully saturated rings. The molecular formula is C18H12ClNO3. The van der Waals surface area contributed by atoms with Gasteiger partial charge in [0.1, 0.15) is 5.58 Å². The molecule has 1 aliphatic heterocycles. The summed E-state index contributed by atoms with van der Waals surface area (Å²) in [4.78, 5) is 17.7. The van der Waals surface area contributed by atoms with Crippen LogP contribution in [0.5, 0.6) is 0 Å². The minimum atomic E-state index is -0.411. The Balaban J connectivity index is 1.69. The lowest BCUT2D eigenvalue weighted by molar-refractivity contribution is 0.0858. The van der Waals surface area contributed by atoms with Crippen molar-refractivity contribution in [3.63, 3.8) is 0 Å². The van der Waals surface area contributed by atoms with Crippen LogP contribution in [0.3, 0.4) is 0 Å². The second-order valence-corrected chi connectivity index (χ2v) is 5.75. The van der Waals surface area contributed by atoms with Gasteiger partial charge in [-0.3, -0.25) is 0 Å². The van der Waals surface area contributed by atoms with Crippen LogP contribution in [0.4, 0.5) is 0 Å². The fraction of sp³-hybridized carbons (Fsp3) is 0.111. The summed E-state index contributed by atoms with van der Waals surface area (Å²) in [5.41, 5.74) is 2.01. The van der Waals surface area contributed by atoms with Crippen molar-refractivity contribution in [2.75, 3.05) is 0 Å². The molecule has 0 radical (unpaired) electrons. The van der Waals surface area contributed by atoms with Gasteiger partial charge in [-0.1, -0.05) is 53.2 Å². The third-order valence-electron chi connectivity index (χ3n) is 3.87. The molecule has 5 heteroatoms. The van der Waals surface area contributed by atoms with Crippen LogP contribution in [0.2, 0.25) is 5.02 Å². The highest BCUT2D eigenvalue weighted by atomic mass is 35.5. The van der Waals surface area contributed by atoms with E-state index in [2.05, 4.69) is 5.16 Å². The van der Waals surface area contributed by atoms with Crippen molar-refractivity contribution in [2.24, 2.45) is 5.16 Å². The highest BCUT2D eigenvalue weighted by Crippen LogP contribution is 2.33. The highest BCUT2D eigenvalue weighted by Gasteiger charge is 2.27. The van der Waals surface area contributed by atoms with Gasteiger partial charge < -0.3 is 9.25 Å². The Bertz CT molecular complexity index is 977. The maximum absolute atomic E-state index is 12.2. The molecule has 1 aromatic heterocycles. The molecule has 4 nitrogen and oxygen atoms in total. The summed E-state index contributed by atoms with van der Waals surface area (Å²) in [6.07, 6.45) is 0.192. The number of hydrogen-bond donors (Lipinski definition) is 0. The number of nitrogens with zero attached hydrogens (tertiary/aromatic N) is 1. The molecule has 0 amide bonds. The second-order valence-electron chi connectivity index (χ2n) is 5.34.